The number of imide groups is 1. The maximum Gasteiger partial charge on any atom is 0.407 e. The van der Waals surface area contributed by atoms with E-state index in [1.165, 1.54) is 4.90 Å². The number of alkyl carbamates (subject to hydrolysis) is 1. The molecule has 2 aromatic carbocycles. The first-order valence-electron chi connectivity index (χ1n) is 10.2. The van der Waals surface area contributed by atoms with Gasteiger partial charge < -0.3 is 19.7 Å². The van der Waals surface area contributed by atoms with Crippen molar-refractivity contribution in [1.29, 1.82) is 0 Å². The minimum absolute atomic E-state index is 0.124. The van der Waals surface area contributed by atoms with Crippen molar-refractivity contribution in [2.45, 2.75) is 38.6 Å². The normalized spacial score (nSPS) is 17.6. The zero-order valence-electron chi connectivity index (χ0n) is 17.6. The molecule has 2 aliphatic rings. The number of hydrogen-bond acceptors (Lipinski definition) is 6. The van der Waals surface area contributed by atoms with E-state index in [9.17, 15) is 19.2 Å². The molecule has 1 atom stereocenters. The highest BCUT2D eigenvalue weighted by Gasteiger charge is 2.39. The Kier molecular flexibility index (Phi) is 6.07. The Morgan fingerprint density at radius 3 is 2.59 bits per heavy atom. The van der Waals surface area contributed by atoms with Gasteiger partial charge >= 0.3 is 6.09 Å². The molecule has 0 bridgehead atoms. The average Bonchev–Trinajstić information content (AvgIpc) is 3.12. The molecule has 0 aliphatic carbocycles. The molecular formula is C23H23N3O6. The Bertz CT molecular complexity index is 1070. The molecule has 1 unspecified atom stereocenters. The van der Waals surface area contributed by atoms with Crippen molar-refractivity contribution in [3.05, 3.63) is 64.7 Å². The number of carbonyl (C=O) groups is 4. The Morgan fingerprint density at radius 1 is 1.12 bits per heavy atom. The molecule has 2 N–H and O–H groups in total. The van der Waals surface area contributed by atoms with E-state index in [1.807, 2.05) is 24.3 Å². The third-order valence-corrected chi connectivity index (χ3v) is 5.56. The Labute approximate surface area is 184 Å². The van der Waals surface area contributed by atoms with E-state index in [-0.39, 0.29) is 31.4 Å². The summed E-state index contributed by atoms with van der Waals surface area (Å²) in [5, 5.41) is 4.96. The summed E-state index contributed by atoms with van der Waals surface area (Å²) < 4.78 is 10.3. The van der Waals surface area contributed by atoms with Crippen LogP contribution in [0.25, 0.3) is 0 Å². The third-order valence-electron chi connectivity index (χ3n) is 5.56. The van der Waals surface area contributed by atoms with Crippen molar-refractivity contribution in [3.63, 3.8) is 0 Å². The molecule has 32 heavy (non-hydrogen) atoms. The van der Waals surface area contributed by atoms with Crippen molar-refractivity contribution in [3.8, 4) is 5.75 Å². The van der Waals surface area contributed by atoms with E-state index in [4.69, 9.17) is 9.47 Å². The van der Waals surface area contributed by atoms with Gasteiger partial charge in [0.15, 0.2) is 0 Å². The number of fused-ring (bicyclic) bond motifs is 1. The summed E-state index contributed by atoms with van der Waals surface area (Å²) >= 11 is 0. The van der Waals surface area contributed by atoms with E-state index in [0.29, 0.717) is 18.5 Å². The molecule has 4 rings (SSSR count). The van der Waals surface area contributed by atoms with Gasteiger partial charge in [0.1, 0.15) is 18.4 Å². The molecule has 166 valence electrons. The summed E-state index contributed by atoms with van der Waals surface area (Å²) in [5.74, 6) is -0.287. The number of ether oxygens (including phenoxy) is 2. The number of amides is 4. The highest BCUT2D eigenvalue weighted by molar-refractivity contribution is 6.05. The molecule has 0 saturated carbocycles. The fourth-order valence-electron chi connectivity index (χ4n) is 3.81. The lowest BCUT2D eigenvalue weighted by atomic mass is 10.0. The van der Waals surface area contributed by atoms with Crippen molar-refractivity contribution < 1.29 is 28.7 Å². The summed E-state index contributed by atoms with van der Waals surface area (Å²) in [6.45, 7) is 0.637. The second-order valence-electron chi connectivity index (χ2n) is 7.67. The van der Waals surface area contributed by atoms with Gasteiger partial charge in [0.25, 0.3) is 5.91 Å². The van der Waals surface area contributed by atoms with E-state index >= 15 is 0 Å². The van der Waals surface area contributed by atoms with E-state index in [0.717, 1.165) is 22.4 Å². The number of nitrogens with one attached hydrogen (secondary N) is 2. The van der Waals surface area contributed by atoms with Gasteiger partial charge in [-0.3, -0.25) is 19.7 Å². The predicted octanol–water partition coefficient (Wildman–Crippen LogP) is 1.88. The molecule has 0 aromatic heterocycles. The first kappa shape index (κ1) is 21.4. The van der Waals surface area contributed by atoms with Crippen LogP contribution in [0.5, 0.6) is 5.75 Å². The molecule has 0 spiro atoms. The van der Waals surface area contributed by atoms with Crippen LogP contribution in [0, 0.1) is 0 Å². The zero-order chi connectivity index (χ0) is 22.7. The maximum absolute atomic E-state index is 12.9. The van der Waals surface area contributed by atoms with Crippen molar-refractivity contribution in [2.24, 2.45) is 0 Å². The van der Waals surface area contributed by atoms with Gasteiger partial charge in [-0.1, -0.05) is 24.3 Å². The van der Waals surface area contributed by atoms with Gasteiger partial charge in [0.05, 0.1) is 7.11 Å². The zero-order valence-corrected chi connectivity index (χ0v) is 17.6. The number of methoxy groups -OCH3 is 1. The van der Waals surface area contributed by atoms with Crippen LogP contribution in [0.3, 0.4) is 0 Å². The Balaban J connectivity index is 1.31. The van der Waals surface area contributed by atoms with E-state index in [1.54, 1.807) is 25.3 Å². The van der Waals surface area contributed by atoms with Crippen LogP contribution >= 0.6 is 0 Å². The number of nitrogens with zero attached hydrogens (tertiary/aromatic N) is 1. The van der Waals surface area contributed by atoms with Crippen molar-refractivity contribution >= 4 is 23.8 Å². The standard InChI is InChI=1S/C23H23N3O6/c1-31-17-6-3-14(4-7-17)13-32-23(30)24-11-15-2-5-16-12-26(22(29)18(16)10-15)19-8-9-20(27)25-21(19)28/h2-7,10,19H,8-9,11-13H2,1H3,(H,24,30)(H,25,27,28). The molecule has 2 aliphatic heterocycles. The predicted molar refractivity (Wildman–Crippen MR) is 113 cm³/mol. The summed E-state index contributed by atoms with van der Waals surface area (Å²) in [4.78, 5) is 49.9. The molecule has 4 amide bonds. The van der Waals surface area contributed by atoms with E-state index < -0.39 is 18.0 Å². The number of carbonyl (C=O) groups excluding carboxylic acids is 4. The number of benzene rings is 2. The van der Waals surface area contributed by atoms with E-state index in [2.05, 4.69) is 10.6 Å². The fraction of sp³-hybridized carbons (Fsp3) is 0.304. The molecule has 2 heterocycles. The van der Waals surface area contributed by atoms with Crippen LogP contribution in [0.15, 0.2) is 42.5 Å². The molecular weight excluding hydrogens is 414 g/mol. The average molecular weight is 437 g/mol. The molecule has 9 heteroatoms. The van der Waals surface area contributed by atoms with Crippen LogP contribution in [0.2, 0.25) is 0 Å². The SMILES string of the molecule is COc1ccc(COC(=O)NCc2ccc3c(c2)C(=O)N(C2CCC(=O)NC2=O)C3)cc1. The quantitative estimate of drug-likeness (QED) is 0.667. The van der Waals surface area contributed by atoms with Gasteiger partial charge in [-0.05, 0) is 41.3 Å². The summed E-state index contributed by atoms with van der Waals surface area (Å²) in [6, 6.07) is 11.9. The lowest BCUT2D eigenvalue weighted by molar-refractivity contribution is -0.136. The molecule has 9 nitrogen and oxygen atoms in total. The fourth-order valence-corrected chi connectivity index (χ4v) is 3.81. The van der Waals surface area contributed by atoms with Gasteiger partial charge in [-0.2, -0.15) is 0 Å². The first-order chi connectivity index (χ1) is 15.4. The summed E-state index contributed by atoms with van der Waals surface area (Å²) in [6.07, 6.45) is -0.0405. The second-order valence-corrected chi connectivity index (χ2v) is 7.67. The van der Waals surface area contributed by atoms with Gasteiger partial charge in [-0.25, -0.2) is 4.79 Å². The van der Waals surface area contributed by atoms with Crippen LogP contribution in [-0.4, -0.2) is 41.9 Å². The van der Waals surface area contributed by atoms with Gasteiger partial charge in [0.2, 0.25) is 11.8 Å². The van der Waals surface area contributed by atoms with Crippen molar-refractivity contribution in [1.82, 2.24) is 15.5 Å². The molecule has 0 radical (unpaired) electrons. The molecule has 1 saturated heterocycles. The topological polar surface area (TPSA) is 114 Å². The van der Waals surface area contributed by atoms with Crippen LogP contribution < -0.4 is 15.4 Å². The van der Waals surface area contributed by atoms with Crippen LogP contribution in [0.4, 0.5) is 4.79 Å². The highest BCUT2D eigenvalue weighted by Crippen LogP contribution is 2.28. The number of hydrogen-bond donors (Lipinski definition) is 2. The van der Waals surface area contributed by atoms with Crippen LogP contribution in [0.1, 0.15) is 39.9 Å². The summed E-state index contributed by atoms with van der Waals surface area (Å²) in [5.41, 5.74) is 2.88. The van der Waals surface area contributed by atoms with Crippen molar-refractivity contribution in [2.75, 3.05) is 7.11 Å². The largest absolute Gasteiger partial charge is 0.497 e. The van der Waals surface area contributed by atoms with Crippen LogP contribution in [-0.2, 0) is 34.0 Å². The molecule has 2 aromatic rings. The Morgan fingerprint density at radius 2 is 1.88 bits per heavy atom. The number of piperidine rings is 1. The second kappa shape index (κ2) is 9.09. The minimum Gasteiger partial charge on any atom is -0.497 e. The monoisotopic (exact) mass is 437 g/mol. The smallest absolute Gasteiger partial charge is 0.407 e. The number of rotatable bonds is 6. The molecule has 1 fully saturated rings. The van der Waals surface area contributed by atoms with Gasteiger partial charge in [-0.15, -0.1) is 0 Å². The highest BCUT2D eigenvalue weighted by atomic mass is 16.5. The summed E-state index contributed by atoms with van der Waals surface area (Å²) in [7, 11) is 1.58. The Hall–Kier alpha value is -3.88. The maximum atomic E-state index is 12.9. The minimum atomic E-state index is -0.651. The third kappa shape index (κ3) is 4.56. The lowest BCUT2D eigenvalue weighted by Gasteiger charge is -2.29. The lowest BCUT2D eigenvalue weighted by Crippen LogP contribution is -2.52. The first-order valence-corrected chi connectivity index (χ1v) is 10.2. The van der Waals surface area contributed by atoms with Gasteiger partial charge in [0, 0.05) is 25.1 Å².